The van der Waals surface area contributed by atoms with Crippen LogP contribution in [0.15, 0.2) is 58.5 Å². The number of rotatable bonds is 7. The smallest absolute Gasteiger partial charge is 0.337 e. The molecule has 1 fully saturated rings. The molecule has 1 saturated carbocycles. The maximum atomic E-state index is 13.4. The van der Waals surface area contributed by atoms with Gasteiger partial charge >= 0.3 is 5.97 Å². The summed E-state index contributed by atoms with van der Waals surface area (Å²) < 4.78 is 6.21. The highest BCUT2D eigenvalue weighted by Gasteiger charge is 2.43. The topological polar surface area (TPSA) is 114 Å². The molecule has 0 saturated heterocycles. The molecule has 3 aromatic rings. The molecule has 8 nitrogen and oxygen atoms in total. The first-order chi connectivity index (χ1) is 15.9. The van der Waals surface area contributed by atoms with Gasteiger partial charge in [-0.25, -0.2) is 9.78 Å². The van der Waals surface area contributed by atoms with E-state index in [0.717, 1.165) is 24.6 Å². The third kappa shape index (κ3) is 4.61. The van der Waals surface area contributed by atoms with Gasteiger partial charge in [0.05, 0.1) is 41.1 Å². The molecular weight excluding hydrogens is 440 g/mol. The standard InChI is InChI=1S/C24H22N4O4S/c1-24(14-25,16-9-10-16)27-20(29)13-33-23-26-19-12-15(22(31)32-2)8-11-18(19)21(30)28(23)17-6-4-3-5-7-17/h3-8,11-12,16H,9-10,13H2,1-2H3,(H,27,29). The van der Waals surface area contributed by atoms with Gasteiger partial charge in [-0.2, -0.15) is 5.26 Å². The molecule has 0 bridgehead atoms. The van der Waals surface area contributed by atoms with Crippen LogP contribution in [-0.2, 0) is 9.53 Å². The second-order valence-electron chi connectivity index (χ2n) is 8.02. The van der Waals surface area contributed by atoms with E-state index < -0.39 is 11.5 Å². The van der Waals surface area contributed by atoms with Gasteiger partial charge in [-0.15, -0.1) is 0 Å². The number of amides is 1. The van der Waals surface area contributed by atoms with Gasteiger partial charge in [-0.3, -0.25) is 14.2 Å². The lowest BCUT2D eigenvalue weighted by Crippen LogP contribution is -2.47. The summed E-state index contributed by atoms with van der Waals surface area (Å²) in [5, 5.41) is 13.0. The van der Waals surface area contributed by atoms with Crippen molar-refractivity contribution in [1.29, 1.82) is 5.26 Å². The van der Waals surface area contributed by atoms with Crippen molar-refractivity contribution in [2.75, 3.05) is 12.9 Å². The number of nitrogens with zero attached hydrogens (tertiary/aromatic N) is 3. The first-order valence-electron chi connectivity index (χ1n) is 10.4. The number of nitrogens with one attached hydrogen (secondary N) is 1. The molecule has 1 aliphatic carbocycles. The summed E-state index contributed by atoms with van der Waals surface area (Å²) in [4.78, 5) is 42.5. The van der Waals surface area contributed by atoms with Crippen LogP contribution in [0.4, 0.5) is 0 Å². The summed E-state index contributed by atoms with van der Waals surface area (Å²) in [5.74, 6) is -0.705. The number of thioether (sulfide) groups is 1. The summed E-state index contributed by atoms with van der Waals surface area (Å²) in [5.41, 5.74) is 0.000327. The van der Waals surface area contributed by atoms with Crippen molar-refractivity contribution in [3.63, 3.8) is 0 Å². The van der Waals surface area contributed by atoms with Crippen LogP contribution >= 0.6 is 11.8 Å². The summed E-state index contributed by atoms with van der Waals surface area (Å²) in [6.07, 6.45) is 1.83. The van der Waals surface area contributed by atoms with Gasteiger partial charge in [0.15, 0.2) is 5.16 Å². The predicted molar refractivity (Wildman–Crippen MR) is 124 cm³/mol. The average Bonchev–Trinajstić information content (AvgIpc) is 3.68. The summed E-state index contributed by atoms with van der Waals surface area (Å²) >= 11 is 1.10. The van der Waals surface area contributed by atoms with Crippen LogP contribution < -0.4 is 10.9 Å². The zero-order valence-corrected chi connectivity index (χ0v) is 19.0. The average molecular weight is 463 g/mol. The number of methoxy groups -OCH3 is 1. The number of para-hydroxylation sites is 1. The van der Waals surface area contributed by atoms with Gasteiger partial charge in [0.1, 0.15) is 5.54 Å². The Morgan fingerprint density at radius 2 is 2.00 bits per heavy atom. The van der Waals surface area contributed by atoms with Crippen LogP contribution in [0, 0.1) is 17.2 Å². The second kappa shape index (κ2) is 9.08. The fourth-order valence-electron chi connectivity index (χ4n) is 3.65. The van der Waals surface area contributed by atoms with E-state index in [1.165, 1.54) is 23.8 Å². The largest absolute Gasteiger partial charge is 0.465 e. The Morgan fingerprint density at radius 3 is 2.64 bits per heavy atom. The van der Waals surface area contributed by atoms with E-state index in [9.17, 15) is 19.6 Å². The molecule has 1 N–H and O–H groups in total. The minimum Gasteiger partial charge on any atom is -0.465 e. The predicted octanol–water partition coefficient (Wildman–Crippen LogP) is 3.07. The lowest BCUT2D eigenvalue weighted by molar-refractivity contribution is -0.119. The van der Waals surface area contributed by atoms with Crippen LogP contribution in [0.2, 0.25) is 0 Å². The number of nitriles is 1. The van der Waals surface area contributed by atoms with Crippen LogP contribution in [0.3, 0.4) is 0 Å². The zero-order valence-electron chi connectivity index (χ0n) is 18.2. The van der Waals surface area contributed by atoms with Gasteiger partial charge < -0.3 is 10.1 Å². The SMILES string of the molecule is COC(=O)c1ccc2c(=O)n(-c3ccccc3)c(SCC(=O)NC(C)(C#N)C3CC3)nc2c1. The van der Waals surface area contributed by atoms with Crippen molar-refractivity contribution in [3.8, 4) is 11.8 Å². The number of carbonyl (C=O) groups excluding carboxylic acids is 2. The first kappa shape index (κ1) is 22.6. The van der Waals surface area contributed by atoms with E-state index >= 15 is 0 Å². The Kier molecular flexibility index (Phi) is 6.20. The van der Waals surface area contributed by atoms with Crippen molar-refractivity contribution in [3.05, 3.63) is 64.4 Å². The van der Waals surface area contributed by atoms with Crippen molar-refractivity contribution < 1.29 is 14.3 Å². The Balaban J connectivity index is 1.71. The van der Waals surface area contributed by atoms with Crippen molar-refractivity contribution in [2.24, 2.45) is 5.92 Å². The van der Waals surface area contributed by atoms with Crippen molar-refractivity contribution >= 4 is 34.5 Å². The van der Waals surface area contributed by atoms with E-state index in [2.05, 4.69) is 16.4 Å². The third-order valence-corrected chi connectivity index (χ3v) is 6.57. The molecular formula is C24H22N4O4S. The Bertz CT molecular complexity index is 1330. The molecule has 2 aromatic carbocycles. The lowest BCUT2D eigenvalue weighted by Gasteiger charge is -2.22. The van der Waals surface area contributed by atoms with E-state index in [-0.39, 0.29) is 28.7 Å². The molecule has 1 unspecified atom stereocenters. The second-order valence-corrected chi connectivity index (χ2v) is 8.96. The zero-order chi connectivity index (χ0) is 23.6. The lowest BCUT2D eigenvalue weighted by atomic mass is 9.98. The van der Waals surface area contributed by atoms with Gasteiger partial charge in [0.2, 0.25) is 5.91 Å². The molecule has 168 valence electrons. The van der Waals surface area contributed by atoms with E-state index in [1.54, 1.807) is 25.1 Å². The van der Waals surface area contributed by atoms with E-state index in [4.69, 9.17) is 4.74 Å². The Morgan fingerprint density at radius 1 is 1.27 bits per heavy atom. The van der Waals surface area contributed by atoms with Gasteiger partial charge in [-0.05, 0) is 56.0 Å². The highest BCUT2D eigenvalue weighted by molar-refractivity contribution is 7.99. The monoisotopic (exact) mass is 462 g/mol. The molecule has 4 rings (SSSR count). The summed E-state index contributed by atoms with van der Waals surface area (Å²) in [6, 6.07) is 15.8. The fourth-order valence-corrected chi connectivity index (χ4v) is 4.46. The quantitative estimate of drug-likeness (QED) is 0.326. The molecule has 1 aliphatic rings. The third-order valence-electron chi connectivity index (χ3n) is 5.63. The van der Waals surface area contributed by atoms with Gasteiger partial charge in [-0.1, -0.05) is 30.0 Å². The molecule has 1 heterocycles. The molecule has 9 heteroatoms. The number of hydrogen-bond donors (Lipinski definition) is 1. The maximum absolute atomic E-state index is 13.4. The van der Waals surface area contributed by atoms with Gasteiger partial charge in [0, 0.05) is 0 Å². The number of benzene rings is 2. The minimum atomic E-state index is -0.900. The molecule has 1 atom stereocenters. The molecule has 1 amide bonds. The number of fused-ring (bicyclic) bond motifs is 1. The summed E-state index contributed by atoms with van der Waals surface area (Å²) in [6.45, 7) is 1.73. The number of hydrogen-bond acceptors (Lipinski definition) is 7. The van der Waals surface area contributed by atoms with Crippen LogP contribution in [0.25, 0.3) is 16.6 Å². The molecule has 0 spiro atoms. The van der Waals surface area contributed by atoms with Crippen LogP contribution in [0.5, 0.6) is 0 Å². The minimum absolute atomic E-state index is 0.0224. The Hall–Kier alpha value is -3.64. The van der Waals surface area contributed by atoms with Crippen molar-refractivity contribution in [1.82, 2.24) is 14.9 Å². The maximum Gasteiger partial charge on any atom is 0.337 e. The Labute approximate surface area is 194 Å². The normalized spacial score (nSPS) is 14.8. The highest BCUT2D eigenvalue weighted by atomic mass is 32.2. The van der Waals surface area contributed by atoms with Crippen LogP contribution in [0.1, 0.15) is 30.1 Å². The number of ether oxygens (including phenoxy) is 1. The van der Waals surface area contributed by atoms with E-state index in [0.29, 0.717) is 21.7 Å². The summed E-state index contributed by atoms with van der Waals surface area (Å²) in [7, 11) is 1.28. The molecule has 33 heavy (non-hydrogen) atoms. The number of esters is 1. The first-order valence-corrected chi connectivity index (χ1v) is 11.4. The number of aromatic nitrogens is 2. The molecule has 0 radical (unpaired) electrons. The number of carbonyl (C=O) groups is 2. The van der Waals surface area contributed by atoms with Crippen LogP contribution in [-0.4, -0.2) is 39.8 Å². The molecule has 1 aromatic heterocycles. The van der Waals surface area contributed by atoms with E-state index in [1.807, 2.05) is 18.2 Å². The fraction of sp³-hybridized carbons (Fsp3) is 0.292. The van der Waals surface area contributed by atoms with Gasteiger partial charge in [0.25, 0.3) is 5.56 Å². The highest BCUT2D eigenvalue weighted by Crippen LogP contribution is 2.39. The molecule has 0 aliphatic heterocycles. The van der Waals surface area contributed by atoms with Crippen molar-refractivity contribution in [2.45, 2.75) is 30.5 Å².